The molecule has 0 radical (unpaired) electrons. The van der Waals surface area contributed by atoms with Crippen LogP contribution in [0.25, 0.3) is 5.69 Å². The molecule has 3 aromatic rings. The molecule has 2 aromatic carbocycles. The Morgan fingerprint density at radius 2 is 1.89 bits per heavy atom. The van der Waals surface area contributed by atoms with Crippen LogP contribution in [-0.4, -0.2) is 46.7 Å². The number of nitrogens with one attached hydrogen (secondary N) is 1. The number of hydrogen-bond donors (Lipinski definition) is 1. The van der Waals surface area contributed by atoms with Crippen molar-refractivity contribution in [1.29, 1.82) is 0 Å². The number of carbonyl (C=O) groups is 2. The number of para-hydroxylation sites is 1. The van der Waals surface area contributed by atoms with Crippen LogP contribution in [0.4, 0.5) is 5.82 Å². The molecule has 1 aliphatic carbocycles. The molecule has 0 bridgehead atoms. The van der Waals surface area contributed by atoms with Crippen molar-refractivity contribution in [2.24, 2.45) is 0 Å². The first-order chi connectivity index (χ1) is 18.2. The van der Waals surface area contributed by atoms with Crippen LogP contribution in [-0.2, 0) is 15.0 Å². The van der Waals surface area contributed by atoms with Crippen LogP contribution >= 0.6 is 11.8 Å². The SMILES string of the molecule is Cc1ccccc1-n1nc(C(C)(C)C)c2c1N(CC(=O)NC1CC1)C(=O)CS[C@H]2c1ccc2c(c1)OCO2. The van der Waals surface area contributed by atoms with Gasteiger partial charge in [0.15, 0.2) is 11.5 Å². The molecule has 8 nitrogen and oxygen atoms in total. The summed E-state index contributed by atoms with van der Waals surface area (Å²) < 4.78 is 13.1. The minimum Gasteiger partial charge on any atom is -0.454 e. The fourth-order valence-electron chi connectivity index (χ4n) is 5.03. The van der Waals surface area contributed by atoms with Gasteiger partial charge in [-0.05, 0) is 49.1 Å². The number of aromatic nitrogens is 2. The van der Waals surface area contributed by atoms with E-state index in [9.17, 15) is 9.59 Å². The number of fused-ring (bicyclic) bond motifs is 2. The molecule has 1 N–H and O–H groups in total. The maximum absolute atomic E-state index is 13.7. The second-order valence-corrected chi connectivity index (χ2v) is 12.3. The number of anilines is 1. The molecule has 0 unspecified atom stereocenters. The molecule has 2 amide bonds. The Morgan fingerprint density at radius 1 is 1.13 bits per heavy atom. The number of aryl methyl sites for hydroxylation is 1. The van der Waals surface area contributed by atoms with E-state index in [1.165, 1.54) is 0 Å². The maximum atomic E-state index is 13.7. The third kappa shape index (κ3) is 4.53. The van der Waals surface area contributed by atoms with Crippen LogP contribution in [0.5, 0.6) is 11.5 Å². The number of thioether (sulfide) groups is 1. The summed E-state index contributed by atoms with van der Waals surface area (Å²) in [5.74, 6) is 2.06. The van der Waals surface area contributed by atoms with Gasteiger partial charge in [0.1, 0.15) is 12.4 Å². The molecule has 1 atom stereocenters. The van der Waals surface area contributed by atoms with Gasteiger partial charge in [-0.2, -0.15) is 5.10 Å². The lowest BCUT2D eigenvalue weighted by Crippen LogP contribution is -2.43. The summed E-state index contributed by atoms with van der Waals surface area (Å²) in [4.78, 5) is 28.4. The van der Waals surface area contributed by atoms with E-state index in [0.29, 0.717) is 17.3 Å². The van der Waals surface area contributed by atoms with E-state index in [2.05, 4.69) is 26.1 Å². The normalized spacial score (nSPS) is 18.8. The Bertz CT molecular complexity index is 1420. The third-order valence-electron chi connectivity index (χ3n) is 7.09. The van der Waals surface area contributed by atoms with E-state index in [1.807, 2.05) is 54.1 Å². The number of carbonyl (C=O) groups excluding carboxylic acids is 2. The van der Waals surface area contributed by atoms with Crippen molar-refractivity contribution in [2.75, 3.05) is 24.0 Å². The van der Waals surface area contributed by atoms with Gasteiger partial charge in [-0.15, -0.1) is 11.8 Å². The standard InChI is InChI=1S/C29H32N4O4S/c1-17-7-5-6-8-20(17)33-28-25(27(31-33)29(2,3)4)26(18-9-12-21-22(13-18)37-16-36-21)38-15-24(35)32(28)14-23(34)30-19-10-11-19/h5-9,12-13,19,26H,10-11,14-16H2,1-4H3,(H,30,34)/t26-/m0/s1. The highest BCUT2D eigenvalue weighted by molar-refractivity contribution is 8.00. The van der Waals surface area contributed by atoms with Crippen molar-refractivity contribution >= 4 is 29.4 Å². The van der Waals surface area contributed by atoms with Crippen molar-refractivity contribution in [3.05, 3.63) is 64.8 Å². The number of nitrogens with zero attached hydrogens (tertiary/aromatic N) is 3. The van der Waals surface area contributed by atoms with Crippen molar-refractivity contribution in [3.8, 4) is 17.2 Å². The molecule has 9 heteroatoms. The molecule has 38 heavy (non-hydrogen) atoms. The Kier molecular flexibility index (Phi) is 6.13. The third-order valence-corrected chi connectivity index (χ3v) is 8.34. The van der Waals surface area contributed by atoms with Gasteiger partial charge in [-0.1, -0.05) is 45.0 Å². The Balaban J connectivity index is 1.57. The van der Waals surface area contributed by atoms with Gasteiger partial charge in [-0.25, -0.2) is 4.68 Å². The zero-order chi connectivity index (χ0) is 26.6. The topological polar surface area (TPSA) is 85.7 Å². The molecule has 6 rings (SSSR count). The molecule has 1 fully saturated rings. The van der Waals surface area contributed by atoms with Gasteiger partial charge in [0, 0.05) is 17.0 Å². The van der Waals surface area contributed by atoms with Gasteiger partial charge >= 0.3 is 0 Å². The first-order valence-corrected chi connectivity index (χ1v) is 14.1. The van der Waals surface area contributed by atoms with E-state index in [4.69, 9.17) is 14.6 Å². The average Bonchev–Trinajstić information content (AvgIpc) is 3.44. The zero-order valence-corrected chi connectivity index (χ0v) is 22.9. The van der Waals surface area contributed by atoms with Crippen molar-refractivity contribution in [3.63, 3.8) is 0 Å². The molecule has 1 aromatic heterocycles. The van der Waals surface area contributed by atoms with Gasteiger partial charge in [0.25, 0.3) is 0 Å². The number of benzene rings is 2. The molecule has 3 aliphatic rings. The van der Waals surface area contributed by atoms with E-state index in [1.54, 1.807) is 16.7 Å². The van der Waals surface area contributed by atoms with Crippen LogP contribution in [0.2, 0.25) is 0 Å². The minimum absolute atomic E-state index is 0.0437. The Morgan fingerprint density at radius 3 is 2.63 bits per heavy atom. The fraction of sp³-hybridized carbons (Fsp3) is 0.414. The van der Waals surface area contributed by atoms with Gasteiger partial charge in [0.2, 0.25) is 18.6 Å². The smallest absolute Gasteiger partial charge is 0.240 e. The van der Waals surface area contributed by atoms with E-state index in [-0.39, 0.29) is 47.6 Å². The molecular formula is C29H32N4O4S. The second-order valence-electron chi connectivity index (χ2n) is 11.2. The molecular weight excluding hydrogens is 500 g/mol. The molecule has 198 valence electrons. The van der Waals surface area contributed by atoms with E-state index < -0.39 is 0 Å². The second kappa shape index (κ2) is 9.38. The molecule has 0 saturated heterocycles. The van der Waals surface area contributed by atoms with Crippen molar-refractivity contribution < 1.29 is 19.1 Å². The Labute approximate surface area is 226 Å². The summed E-state index contributed by atoms with van der Waals surface area (Å²) in [5.41, 5.74) is 4.46. The van der Waals surface area contributed by atoms with Gasteiger partial charge in [0.05, 0.1) is 22.4 Å². The average molecular weight is 533 g/mol. The van der Waals surface area contributed by atoms with Crippen LogP contribution in [0.1, 0.15) is 61.2 Å². The Hall–Kier alpha value is -3.46. The molecule has 1 saturated carbocycles. The first-order valence-electron chi connectivity index (χ1n) is 13.0. The van der Waals surface area contributed by atoms with E-state index in [0.717, 1.165) is 40.9 Å². The summed E-state index contributed by atoms with van der Waals surface area (Å²) in [6.07, 6.45) is 1.98. The molecule has 2 aliphatic heterocycles. The summed E-state index contributed by atoms with van der Waals surface area (Å²) in [7, 11) is 0. The lowest BCUT2D eigenvalue weighted by atomic mass is 9.87. The summed E-state index contributed by atoms with van der Waals surface area (Å²) in [6, 6.07) is 14.2. The predicted octanol–water partition coefficient (Wildman–Crippen LogP) is 4.65. The van der Waals surface area contributed by atoms with Crippen LogP contribution in [0.3, 0.4) is 0 Å². The van der Waals surface area contributed by atoms with Crippen molar-refractivity contribution in [2.45, 2.75) is 57.2 Å². The molecule has 3 heterocycles. The summed E-state index contributed by atoms with van der Waals surface area (Å²) in [6.45, 7) is 8.59. The van der Waals surface area contributed by atoms with Crippen LogP contribution < -0.4 is 19.7 Å². The first kappa shape index (κ1) is 24.9. The molecule has 0 spiro atoms. The van der Waals surface area contributed by atoms with Crippen LogP contribution in [0, 0.1) is 6.92 Å². The van der Waals surface area contributed by atoms with E-state index >= 15 is 0 Å². The largest absolute Gasteiger partial charge is 0.454 e. The highest BCUT2D eigenvalue weighted by atomic mass is 32.2. The van der Waals surface area contributed by atoms with Gasteiger partial charge < -0.3 is 14.8 Å². The van der Waals surface area contributed by atoms with Crippen LogP contribution in [0.15, 0.2) is 42.5 Å². The maximum Gasteiger partial charge on any atom is 0.240 e. The fourth-order valence-corrected chi connectivity index (χ4v) is 6.21. The number of ether oxygens (including phenoxy) is 2. The minimum atomic E-state index is -0.317. The van der Waals surface area contributed by atoms with Crippen molar-refractivity contribution in [1.82, 2.24) is 15.1 Å². The lowest BCUT2D eigenvalue weighted by Gasteiger charge is -2.25. The number of rotatable bonds is 5. The number of hydrogen-bond acceptors (Lipinski definition) is 6. The highest BCUT2D eigenvalue weighted by Crippen LogP contribution is 2.50. The summed E-state index contributed by atoms with van der Waals surface area (Å²) >= 11 is 1.56. The summed E-state index contributed by atoms with van der Waals surface area (Å²) in [5, 5.41) is 8.04. The number of amides is 2. The zero-order valence-electron chi connectivity index (χ0n) is 22.1. The lowest BCUT2D eigenvalue weighted by molar-refractivity contribution is -0.123. The monoisotopic (exact) mass is 532 g/mol. The van der Waals surface area contributed by atoms with Gasteiger partial charge in [-0.3, -0.25) is 14.5 Å². The predicted molar refractivity (Wildman–Crippen MR) is 147 cm³/mol. The highest BCUT2D eigenvalue weighted by Gasteiger charge is 2.40. The quantitative estimate of drug-likeness (QED) is 0.515.